The van der Waals surface area contributed by atoms with Crippen molar-refractivity contribution >= 4 is 11.7 Å². The molecule has 0 saturated carbocycles. The fraction of sp³-hybridized carbons (Fsp3) is 0.760. The van der Waals surface area contributed by atoms with Crippen LogP contribution in [0.15, 0.2) is 12.3 Å². The van der Waals surface area contributed by atoms with Crippen LogP contribution in [0, 0.1) is 17.3 Å². The number of amides is 1. The van der Waals surface area contributed by atoms with Crippen LogP contribution < -0.4 is 10.6 Å². The van der Waals surface area contributed by atoms with Gasteiger partial charge in [0.25, 0.3) is 0 Å². The second-order valence-corrected chi connectivity index (χ2v) is 9.48. The van der Waals surface area contributed by atoms with E-state index in [2.05, 4.69) is 43.2 Å². The minimum atomic E-state index is -0.240. The highest BCUT2D eigenvalue weighted by Crippen LogP contribution is 2.09. The van der Waals surface area contributed by atoms with E-state index < -0.39 is 0 Å². The maximum absolute atomic E-state index is 11.7. The van der Waals surface area contributed by atoms with E-state index in [-0.39, 0.29) is 49.1 Å². The van der Waals surface area contributed by atoms with Crippen LogP contribution in [0.1, 0.15) is 41.5 Å². The summed E-state index contributed by atoms with van der Waals surface area (Å²) < 4.78 is 26.4. The van der Waals surface area contributed by atoms with Crippen molar-refractivity contribution in [3.8, 4) is 11.8 Å². The van der Waals surface area contributed by atoms with Crippen LogP contribution in [0.4, 0.5) is 0 Å². The Morgan fingerprint density at radius 2 is 1.38 bits per heavy atom. The summed E-state index contributed by atoms with van der Waals surface area (Å²) in [7, 11) is 0. The molecule has 2 N–H and O–H groups in total. The standard InChI is InChI=1S/C25H44N2O7/c1-24(2,3)9-7-10-26-23(29)21-34-19-16-30-12-8-22(28)20-33-18-17-32-15-14-31-13-11-27-25(4,5)6/h8,12,27H,10-11,13-21H2,1-6H3,(H,26,29)/b12-8+. The molecule has 0 fully saturated rings. The van der Waals surface area contributed by atoms with Gasteiger partial charge in [-0.25, -0.2) is 0 Å². The number of hydrogen-bond acceptors (Lipinski definition) is 8. The van der Waals surface area contributed by atoms with E-state index >= 15 is 0 Å². The van der Waals surface area contributed by atoms with Gasteiger partial charge < -0.3 is 34.3 Å². The molecule has 0 aromatic rings. The van der Waals surface area contributed by atoms with Crippen LogP contribution in [0.3, 0.4) is 0 Å². The first-order valence-corrected chi connectivity index (χ1v) is 11.6. The van der Waals surface area contributed by atoms with Gasteiger partial charge in [0.1, 0.15) is 19.8 Å². The highest BCUT2D eigenvalue weighted by molar-refractivity contribution is 5.90. The monoisotopic (exact) mass is 484 g/mol. The third-order valence-electron chi connectivity index (χ3n) is 3.66. The Morgan fingerprint density at radius 3 is 2.03 bits per heavy atom. The van der Waals surface area contributed by atoms with E-state index in [1.54, 1.807) is 0 Å². The molecular weight excluding hydrogens is 440 g/mol. The molecule has 0 unspecified atom stereocenters. The summed E-state index contributed by atoms with van der Waals surface area (Å²) in [5.41, 5.74) is -0.000711. The third-order valence-corrected chi connectivity index (χ3v) is 3.66. The Morgan fingerprint density at radius 1 is 0.794 bits per heavy atom. The molecule has 0 saturated heterocycles. The van der Waals surface area contributed by atoms with Gasteiger partial charge in [0, 0.05) is 23.6 Å². The SMILES string of the molecule is CC(C)(C)C#CCNC(=O)COCCO/C=C/C(=O)COCCOCCOCCNC(C)(C)C. The van der Waals surface area contributed by atoms with Crippen molar-refractivity contribution in [2.24, 2.45) is 5.41 Å². The van der Waals surface area contributed by atoms with Crippen molar-refractivity contribution < 1.29 is 33.3 Å². The Kier molecular flexibility index (Phi) is 18.2. The van der Waals surface area contributed by atoms with E-state index in [0.717, 1.165) is 6.54 Å². The van der Waals surface area contributed by atoms with Gasteiger partial charge in [0.2, 0.25) is 5.91 Å². The largest absolute Gasteiger partial charge is 0.499 e. The summed E-state index contributed by atoms with van der Waals surface area (Å²) in [5, 5.41) is 5.99. The van der Waals surface area contributed by atoms with Gasteiger partial charge in [-0.2, -0.15) is 0 Å². The Labute approximate surface area is 205 Å². The second-order valence-electron chi connectivity index (χ2n) is 9.48. The quantitative estimate of drug-likeness (QED) is 0.124. The summed E-state index contributed by atoms with van der Waals surface area (Å²) in [5.74, 6) is 5.47. The maximum Gasteiger partial charge on any atom is 0.246 e. The predicted octanol–water partition coefficient (Wildman–Crippen LogP) is 1.71. The molecule has 0 aliphatic heterocycles. The van der Waals surface area contributed by atoms with Crippen molar-refractivity contribution in [3.05, 3.63) is 12.3 Å². The van der Waals surface area contributed by atoms with Crippen LogP contribution in [-0.2, 0) is 33.3 Å². The van der Waals surface area contributed by atoms with Gasteiger partial charge in [-0.1, -0.05) is 11.8 Å². The van der Waals surface area contributed by atoms with Crippen molar-refractivity contribution in [1.82, 2.24) is 10.6 Å². The van der Waals surface area contributed by atoms with Gasteiger partial charge in [0.05, 0.1) is 52.4 Å². The van der Waals surface area contributed by atoms with Gasteiger partial charge in [0.15, 0.2) is 5.78 Å². The molecule has 0 bridgehead atoms. The zero-order chi connectivity index (χ0) is 25.7. The molecule has 0 aromatic carbocycles. The summed E-state index contributed by atoms with van der Waals surface area (Å²) in [6, 6.07) is 0. The topological polar surface area (TPSA) is 104 Å². The van der Waals surface area contributed by atoms with Crippen molar-refractivity contribution in [2.45, 2.75) is 47.1 Å². The van der Waals surface area contributed by atoms with E-state index in [0.29, 0.717) is 39.6 Å². The highest BCUT2D eigenvalue weighted by atomic mass is 16.5. The predicted molar refractivity (Wildman–Crippen MR) is 131 cm³/mol. The normalized spacial score (nSPS) is 11.8. The molecular formula is C25H44N2O7. The van der Waals surface area contributed by atoms with Gasteiger partial charge in [-0.3, -0.25) is 9.59 Å². The Bertz CT molecular complexity index is 640. The van der Waals surface area contributed by atoms with E-state index in [1.807, 2.05) is 20.8 Å². The van der Waals surface area contributed by atoms with Crippen molar-refractivity contribution in [2.75, 3.05) is 72.6 Å². The lowest BCUT2D eigenvalue weighted by molar-refractivity contribution is -0.125. The first-order valence-electron chi connectivity index (χ1n) is 11.6. The van der Waals surface area contributed by atoms with E-state index in [4.69, 9.17) is 23.7 Å². The molecule has 34 heavy (non-hydrogen) atoms. The Hall–Kier alpha value is -1.96. The van der Waals surface area contributed by atoms with E-state index in [9.17, 15) is 9.59 Å². The smallest absolute Gasteiger partial charge is 0.246 e. The molecule has 0 heterocycles. The first-order chi connectivity index (χ1) is 16.0. The molecule has 0 spiro atoms. The number of rotatable bonds is 19. The van der Waals surface area contributed by atoms with Crippen LogP contribution in [0.25, 0.3) is 0 Å². The number of carbonyl (C=O) groups is 2. The average Bonchev–Trinajstić information content (AvgIpc) is 2.73. The number of nitrogens with one attached hydrogen (secondary N) is 2. The lowest BCUT2D eigenvalue weighted by Gasteiger charge is -2.20. The van der Waals surface area contributed by atoms with Gasteiger partial charge >= 0.3 is 0 Å². The minimum absolute atomic E-state index is 0.0486. The summed E-state index contributed by atoms with van der Waals surface area (Å²) in [4.78, 5) is 23.2. The number of carbonyl (C=O) groups excluding carboxylic acids is 2. The zero-order valence-corrected chi connectivity index (χ0v) is 21.8. The van der Waals surface area contributed by atoms with Crippen LogP contribution in [0.2, 0.25) is 0 Å². The highest BCUT2D eigenvalue weighted by Gasteiger charge is 2.07. The molecule has 0 aromatic heterocycles. The first kappa shape index (κ1) is 32.0. The van der Waals surface area contributed by atoms with Gasteiger partial charge in [-0.15, -0.1) is 0 Å². The van der Waals surface area contributed by atoms with Crippen molar-refractivity contribution in [1.29, 1.82) is 0 Å². The fourth-order valence-corrected chi connectivity index (χ4v) is 2.13. The molecule has 0 atom stereocenters. The number of ketones is 1. The lowest BCUT2D eigenvalue weighted by atomic mass is 9.98. The maximum atomic E-state index is 11.7. The molecule has 1 amide bonds. The molecule has 0 aliphatic carbocycles. The molecule has 0 aliphatic rings. The molecule has 9 heteroatoms. The molecule has 0 radical (unpaired) electrons. The van der Waals surface area contributed by atoms with E-state index in [1.165, 1.54) is 12.3 Å². The second kappa shape index (κ2) is 19.4. The van der Waals surface area contributed by atoms with Crippen LogP contribution >= 0.6 is 0 Å². The summed E-state index contributed by atoms with van der Waals surface area (Å²) in [6.45, 7) is 16.1. The van der Waals surface area contributed by atoms with Crippen LogP contribution in [-0.4, -0.2) is 89.8 Å². The molecule has 9 nitrogen and oxygen atoms in total. The van der Waals surface area contributed by atoms with Gasteiger partial charge in [-0.05, 0) is 41.5 Å². The number of ether oxygens (including phenoxy) is 5. The molecule has 0 rings (SSSR count). The number of hydrogen-bond donors (Lipinski definition) is 2. The molecule has 196 valence electrons. The summed E-state index contributed by atoms with van der Waals surface area (Å²) >= 11 is 0. The van der Waals surface area contributed by atoms with Crippen LogP contribution in [0.5, 0.6) is 0 Å². The zero-order valence-electron chi connectivity index (χ0n) is 21.8. The third kappa shape index (κ3) is 26.3. The lowest BCUT2D eigenvalue weighted by Crippen LogP contribution is -2.38. The summed E-state index contributed by atoms with van der Waals surface area (Å²) in [6.07, 6.45) is 2.58. The Balaban J connectivity index is 3.47. The average molecular weight is 485 g/mol. The van der Waals surface area contributed by atoms with Crippen molar-refractivity contribution in [3.63, 3.8) is 0 Å². The fourth-order valence-electron chi connectivity index (χ4n) is 2.13. The minimum Gasteiger partial charge on any atom is -0.499 e.